The van der Waals surface area contributed by atoms with Crippen LogP contribution in [0.3, 0.4) is 0 Å². The fourth-order valence-electron chi connectivity index (χ4n) is 4.71. The van der Waals surface area contributed by atoms with Gasteiger partial charge in [-0.05, 0) is 37.3 Å². The van der Waals surface area contributed by atoms with Crippen LogP contribution in [0.15, 0.2) is 24.3 Å². The average Bonchev–Trinajstić information content (AvgIpc) is 3.28. The Kier molecular flexibility index (Phi) is 4.37. The van der Waals surface area contributed by atoms with Crippen LogP contribution in [0.25, 0.3) is 0 Å². The zero-order valence-corrected chi connectivity index (χ0v) is 15.8. The summed E-state index contributed by atoms with van der Waals surface area (Å²) in [5.74, 6) is 1.40. The summed E-state index contributed by atoms with van der Waals surface area (Å²) in [6, 6.07) is 7.28. The van der Waals surface area contributed by atoms with Crippen LogP contribution in [0.5, 0.6) is 0 Å². The molecule has 2 aromatic rings. The Morgan fingerprint density at radius 3 is 2.89 bits per heavy atom. The molecule has 5 rings (SSSR count). The smallest absolute Gasteiger partial charge is 0.339 e. The van der Waals surface area contributed by atoms with Gasteiger partial charge in [0.05, 0.1) is 11.6 Å². The number of amides is 1. The van der Waals surface area contributed by atoms with Crippen LogP contribution < -0.4 is 0 Å². The maximum atomic E-state index is 13.3. The first-order valence-electron chi connectivity index (χ1n) is 10.2. The number of carbonyl (C=O) groups is 2. The first-order valence-corrected chi connectivity index (χ1v) is 10.2. The van der Waals surface area contributed by atoms with Crippen molar-refractivity contribution in [3.8, 4) is 0 Å². The number of rotatable bonds is 2. The highest BCUT2D eigenvalue weighted by Crippen LogP contribution is 2.34. The van der Waals surface area contributed by atoms with Crippen LogP contribution in [-0.4, -0.2) is 44.2 Å². The number of esters is 1. The van der Waals surface area contributed by atoms with E-state index in [1.165, 1.54) is 6.42 Å². The van der Waals surface area contributed by atoms with Crippen molar-refractivity contribution < 1.29 is 14.3 Å². The molecule has 0 aliphatic carbocycles. The molecular formula is C21H24N4O3. The van der Waals surface area contributed by atoms with Crippen LogP contribution >= 0.6 is 0 Å². The molecule has 0 radical (unpaired) electrons. The zero-order chi connectivity index (χ0) is 19.1. The summed E-state index contributed by atoms with van der Waals surface area (Å²) in [4.78, 5) is 27.5. The molecule has 0 N–H and O–H groups in total. The number of aryl methyl sites for hydroxylation is 1. The van der Waals surface area contributed by atoms with E-state index in [-0.39, 0.29) is 11.9 Å². The molecule has 0 spiro atoms. The summed E-state index contributed by atoms with van der Waals surface area (Å²) in [6.07, 6.45) is 5.89. The number of aromatic nitrogens is 3. The fourth-order valence-corrected chi connectivity index (χ4v) is 4.71. The minimum Gasteiger partial charge on any atom is -0.448 e. The number of nitrogens with zero attached hydrogens (tertiary/aromatic N) is 4. The number of benzene rings is 1. The van der Waals surface area contributed by atoms with Crippen LogP contribution in [-0.2, 0) is 28.9 Å². The average molecular weight is 380 g/mol. The van der Waals surface area contributed by atoms with E-state index in [1.807, 2.05) is 23.1 Å². The predicted molar refractivity (Wildman–Crippen MR) is 101 cm³/mol. The van der Waals surface area contributed by atoms with Crippen molar-refractivity contribution in [1.82, 2.24) is 19.7 Å². The number of fused-ring (bicyclic) bond motifs is 2. The monoisotopic (exact) mass is 380 g/mol. The summed E-state index contributed by atoms with van der Waals surface area (Å²) in [7, 11) is 0. The Labute approximate surface area is 163 Å². The van der Waals surface area contributed by atoms with Crippen molar-refractivity contribution in [3.05, 3.63) is 47.0 Å². The molecular weight excluding hydrogens is 356 g/mol. The summed E-state index contributed by atoms with van der Waals surface area (Å²) in [5, 5.41) is 8.86. The second-order valence-corrected chi connectivity index (χ2v) is 7.88. The lowest BCUT2D eigenvalue weighted by Crippen LogP contribution is -2.44. The van der Waals surface area contributed by atoms with Crippen LogP contribution in [0.4, 0.5) is 0 Å². The first kappa shape index (κ1) is 17.4. The van der Waals surface area contributed by atoms with Gasteiger partial charge in [0.1, 0.15) is 5.82 Å². The lowest BCUT2D eigenvalue weighted by molar-refractivity contribution is -0.142. The molecule has 1 saturated heterocycles. The maximum Gasteiger partial charge on any atom is 0.339 e. The molecule has 0 saturated carbocycles. The minimum absolute atomic E-state index is 0.0808. The molecule has 1 fully saturated rings. The Morgan fingerprint density at radius 1 is 1.07 bits per heavy atom. The highest BCUT2D eigenvalue weighted by Gasteiger charge is 2.40. The second kappa shape index (κ2) is 7.04. The molecule has 1 amide bonds. The molecule has 7 heteroatoms. The van der Waals surface area contributed by atoms with E-state index < -0.39 is 12.1 Å². The van der Waals surface area contributed by atoms with Crippen LogP contribution in [0.1, 0.15) is 65.7 Å². The highest BCUT2D eigenvalue weighted by atomic mass is 16.5. The van der Waals surface area contributed by atoms with Crippen molar-refractivity contribution in [1.29, 1.82) is 0 Å². The lowest BCUT2D eigenvalue weighted by Gasteiger charge is -2.30. The van der Waals surface area contributed by atoms with Crippen LogP contribution in [0.2, 0.25) is 0 Å². The number of cyclic esters (lactones) is 1. The Bertz CT molecular complexity index is 922. The summed E-state index contributed by atoms with van der Waals surface area (Å²) in [5.41, 5.74) is 1.44. The third kappa shape index (κ3) is 2.89. The molecule has 1 aromatic carbocycles. The number of ether oxygens (including phenoxy) is 1. The summed E-state index contributed by atoms with van der Waals surface area (Å²) >= 11 is 0. The van der Waals surface area contributed by atoms with Crippen molar-refractivity contribution in [3.63, 3.8) is 0 Å². The number of hydrogen-bond donors (Lipinski definition) is 0. The molecule has 0 unspecified atom stereocenters. The zero-order valence-electron chi connectivity index (χ0n) is 15.8. The highest BCUT2D eigenvalue weighted by molar-refractivity contribution is 5.95. The van der Waals surface area contributed by atoms with E-state index in [0.29, 0.717) is 18.5 Å². The van der Waals surface area contributed by atoms with E-state index in [1.54, 1.807) is 6.07 Å². The number of hydrogen-bond acceptors (Lipinski definition) is 5. The van der Waals surface area contributed by atoms with Gasteiger partial charge in [-0.1, -0.05) is 24.6 Å². The van der Waals surface area contributed by atoms with Gasteiger partial charge in [-0.25, -0.2) is 4.79 Å². The first-order chi connectivity index (χ1) is 13.7. The predicted octanol–water partition coefficient (Wildman–Crippen LogP) is 2.45. The van der Waals surface area contributed by atoms with E-state index in [9.17, 15) is 9.59 Å². The standard InChI is InChI=1S/C21H24N4O3/c26-20(17-13-14-7-3-4-8-15(14)21(27)28-17)24-12-6-9-16(24)19-23-22-18-10-2-1-5-11-25(18)19/h3-4,7-8,16-17H,1-2,5-6,9-13H2/t16-,17+/m0/s1. The van der Waals surface area contributed by atoms with Crippen molar-refractivity contribution in [2.24, 2.45) is 0 Å². The van der Waals surface area contributed by atoms with Gasteiger partial charge in [0, 0.05) is 25.9 Å². The van der Waals surface area contributed by atoms with Gasteiger partial charge in [0.2, 0.25) is 0 Å². The Hall–Kier alpha value is -2.70. The molecule has 3 aliphatic heterocycles. The topological polar surface area (TPSA) is 77.3 Å². The maximum absolute atomic E-state index is 13.3. The van der Waals surface area contributed by atoms with E-state index in [2.05, 4.69) is 14.8 Å². The third-order valence-electron chi connectivity index (χ3n) is 6.14. The van der Waals surface area contributed by atoms with Gasteiger partial charge in [0.25, 0.3) is 5.91 Å². The number of likely N-dealkylation sites (tertiary alicyclic amines) is 1. The molecule has 1 aromatic heterocycles. The molecule has 0 bridgehead atoms. The van der Waals surface area contributed by atoms with Crippen LogP contribution in [0, 0.1) is 0 Å². The van der Waals surface area contributed by atoms with Crippen molar-refractivity contribution >= 4 is 11.9 Å². The molecule has 146 valence electrons. The lowest BCUT2D eigenvalue weighted by atomic mass is 9.98. The van der Waals surface area contributed by atoms with E-state index >= 15 is 0 Å². The Morgan fingerprint density at radius 2 is 1.96 bits per heavy atom. The Balaban J connectivity index is 1.40. The van der Waals surface area contributed by atoms with Gasteiger partial charge < -0.3 is 14.2 Å². The largest absolute Gasteiger partial charge is 0.448 e. The normalized spacial score (nSPS) is 24.3. The van der Waals surface area contributed by atoms with Crippen molar-refractivity contribution in [2.45, 2.75) is 63.6 Å². The summed E-state index contributed by atoms with van der Waals surface area (Å²) < 4.78 is 7.73. The molecule has 28 heavy (non-hydrogen) atoms. The van der Waals surface area contributed by atoms with Gasteiger partial charge in [-0.15, -0.1) is 10.2 Å². The minimum atomic E-state index is -0.755. The fraction of sp³-hybridized carbons (Fsp3) is 0.524. The van der Waals surface area contributed by atoms with Gasteiger partial charge >= 0.3 is 5.97 Å². The molecule has 2 atom stereocenters. The van der Waals surface area contributed by atoms with E-state index in [0.717, 1.165) is 55.9 Å². The van der Waals surface area contributed by atoms with Gasteiger partial charge in [-0.3, -0.25) is 4.79 Å². The van der Waals surface area contributed by atoms with Gasteiger partial charge in [-0.2, -0.15) is 0 Å². The van der Waals surface area contributed by atoms with Crippen molar-refractivity contribution in [2.75, 3.05) is 6.54 Å². The SMILES string of the molecule is O=C1O[C@@H](C(=O)N2CCC[C@H]2c2nnc3n2CCCCC3)Cc2ccccc21. The third-order valence-corrected chi connectivity index (χ3v) is 6.14. The molecule has 4 heterocycles. The number of carbonyl (C=O) groups excluding carboxylic acids is 2. The molecule has 7 nitrogen and oxygen atoms in total. The van der Waals surface area contributed by atoms with Gasteiger partial charge in [0.15, 0.2) is 11.9 Å². The second-order valence-electron chi connectivity index (χ2n) is 7.88. The quantitative estimate of drug-likeness (QED) is 0.748. The summed E-state index contributed by atoms with van der Waals surface area (Å²) in [6.45, 7) is 1.59. The molecule has 3 aliphatic rings. The van der Waals surface area contributed by atoms with E-state index in [4.69, 9.17) is 4.74 Å².